The first-order chi connectivity index (χ1) is 16.3. The highest BCUT2D eigenvalue weighted by atomic mass is 32.1. The normalized spacial score (nSPS) is 10.9. The van der Waals surface area contributed by atoms with Crippen molar-refractivity contribution in [2.24, 2.45) is 0 Å². The summed E-state index contributed by atoms with van der Waals surface area (Å²) in [7, 11) is 0. The van der Waals surface area contributed by atoms with Crippen molar-refractivity contribution in [1.29, 1.82) is 0 Å². The lowest BCUT2D eigenvalue weighted by Gasteiger charge is -2.15. The number of fused-ring (bicyclic) bond motifs is 1. The molecular weight excluding hydrogens is 454 g/mol. The SMILES string of the molecule is CCOC(=O)c1ccccc1NC(=O)Cn1c(=O)n(-c2cc(C)ccc2C)c(=O)c2sccc21. The Kier molecular flexibility index (Phi) is 6.47. The second kappa shape index (κ2) is 9.48. The molecule has 0 aliphatic heterocycles. The number of aryl methyl sites for hydroxylation is 2. The number of nitrogens with one attached hydrogen (secondary N) is 1. The topological polar surface area (TPSA) is 99.4 Å². The van der Waals surface area contributed by atoms with Crippen LogP contribution in [0, 0.1) is 13.8 Å². The molecule has 0 unspecified atom stereocenters. The van der Waals surface area contributed by atoms with Crippen LogP contribution in [0.25, 0.3) is 15.9 Å². The molecule has 0 saturated heterocycles. The summed E-state index contributed by atoms with van der Waals surface area (Å²) in [5.41, 5.74) is 1.99. The van der Waals surface area contributed by atoms with Crippen molar-refractivity contribution in [3.05, 3.63) is 91.4 Å². The predicted molar refractivity (Wildman–Crippen MR) is 132 cm³/mol. The lowest BCUT2D eigenvalue weighted by atomic mass is 10.1. The number of nitrogens with zero attached hydrogens (tertiary/aromatic N) is 2. The van der Waals surface area contributed by atoms with Crippen LogP contribution in [0.15, 0.2) is 63.5 Å². The molecule has 2 aromatic carbocycles. The highest BCUT2D eigenvalue weighted by molar-refractivity contribution is 7.17. The lowest BCUT2D eigenvalue weighted by molar-refractivity contribution is -0.116. The minimum absolute atomic E-state index is 0.201. The van der Waals surface area contributed by atoms with Crippen molar-refractivity contribution in [1.82, 2.24) is 9.13 Å². The number of thiophene rings is 1. The molecule has 0 saturated carbocycles. The van der Waals surface area contributed by atoms with E-state index in [2.05, 4.69) is 5.32 Å². The molecule has 2 heterocycles. The predicted octanol–water partition coefficient (Wildman–Crippen LogP) is 3.65. The molecule has 9 heteroatoms. The molecule has 8 nitrogen and oxygen atoms in total. The largest absolute Gasteiger partial charge is 0.462 e. The summed E-state index contributed by atoms with van der Waals surface area (Å²) in [6, 6.07) is 13.7. The molecule has 0 bridgehead atoms. The fraction of sp³-hybridized carbons (Fsp3) is 0.200. The van der Waals surface area contributed by atoms with Gasteiger partial charge in [-0.2, -0.15) is 0 Å². The first kappa shape index (κ1) is 23.2. The molecule has 174 valence electrons. The first-order valence-electron chi connectivity index (χ1n) is 10.7. The third-order valence-corrected chi connectivity index (χ3v) is 6.25. The number of benzene rings is 2. The van der Waals surface area contributed by atoms with Gasteiger partial charge in [0.25, 0.3) is 5.56 Å². The molecular formula is C25H23N3O5S. The van der Waals surface area contributed by atoms with E-state index in [1.807, 2.05) is 26.0 Å². The Morgan fingerprint density at radius 3 is 2.59 bits per heavy atom. The number of para-hydroxylation sites is 1. The fourth-order valence-electron chi connectivity index (χ4n) is 3.73. The highest BCUT2D eigenvalue weighted by Gasteiger charge is 2.20. The Labute approximate surface area is 199 Å². The summed E-state index contributed by atoms with van der Waals surface area (Å²) in [5.74, 6) is -1.07. The molecule has 0 radical (unpaired) electrons. The van der Waals surface area contributed by atoms with Gasteiger partial charge in [-0.25, -0.2) is 14.2 Å². The van der Waals surface area contributed by atoms with E-state index in [1.54, 1.807) is 48.7 Å². The van der Waals surface area contributed by atoms with Crippen LogP contribution in [0.5, 0.6) is 0 Å². The number of anilines is 1. The van der Waals surface area contributed by atoms with Crippen LogP contribution in [0.1, 0.15) is 28.4 Å². The van der Waals surface area contributed by atoms with Gasteiger partial charge in [0.1, 0.15) is 11.2 Å². The Bertz CT molecular complexity index is 1530. The molecule has 0 atom stereocenters. The molecule has 4 aromatic rings. The van der Waals surface area contributed by atoms with Gasteiger partial charge in [-0.15, -0.1) is 11.3 Å². The van der Waals surface area contributed by atoms with Crippen molar-refractivity contribution in [3.63, 3.8) is 0 Å². The molecule has 4 rings (SSSR count). The zero-order chi connectivity index (χ0) is 24.4. The maximum atomic E-state index is 13.5. The zero-order valence-electron chi connectivity index (χ0n) is 19.0. The Hall–Kier alpha value is -3.98. The van der Waals surface area contributed by atoms with Crippen LogP contribution in [-0.2, 0) is 16.1 Å². The third kappa shape index (κ3) is 4.29. The van der Waals surface area contributed by atoms with E-state index < -0.39 is 23.1 Å². The van der Waals surface area contributed by atoms with E-state index in [-0.39, 0.29) is 24.4 Å². The maximum Gasteiger partial charge on any atom is 0.340 e. The Morgan fingerprint density at radius 2 is 1.82 bits per heavy atom. The van der Waals surface area contributed by atoms with Crippen LogP contribution < -0.4 is 16.6 Å². The Balaban J connectivity index is 1.77. The van der Waals surface area contributed by atoms with E-state index in [4.69, 9.17) is 4.74 Å². The number of esters is 1. The van der Waals surface area contributed by atoms with E-state index in [0.717, 1.165) is 15.7 Å². The second-order valence-corrected chi connectivity index (χ2v) is 8.66. The van der Waals surface area contributed by atoms with E-state index in [0.29, 0.717) is 15.9 Å². The number of aromatic nitrogens is 2. The van der Waals surface area contributed by atoms with Crippen molar-refractivity contribution in [2.75, 3.05) is 11.9 Å². The van der Waals surface area contributed by atoms with Crippen molar-refractivity contribution in [2.45, 2.75) is 27.3 Å². The van der Waals surface area contributed by atoms with Gasteiger partial charge in [0.15, 0.2) is 0 Å². The van der Waals surface area contributed by atoms with Gasteiger partial charge in [0, 0.05) is 0 Å². The molecule has 34 heavy (non-hydrogen) atoms. The molecule has 1 amide bonds. The number of amides is 1. The zero-order valence-corrected chi connectivity index (χ0v) is 19.8. The average molecular weight is 478 g/mol. The van der Waals surface area contributed by atoms with Gasteiger partial charge < -0.3 is 10.1 Å². The van der Waals surface area contributed by atoms with Crippen LogP contribution in [0.2, 0.25) is 0 Å². The average Bonchev–Trinajstić information content (AvgIpc) is 3.30. The van der Waals surface area contributed by atoms with Crippen molar-refractivity contribution >= 4 is 39.1 Å². The smallest absolute Gasteiger partial charge is 0.340 e. The summed E-state index contributed by atoms with van der Waals surface area (Å²) in [4.78, 5) is 51.9. The lowest BCUT2D eigenvalue weighted by Crippen LogP contribution is -2.40. The van der Waals surface area contributed by atoms with Crippen LogP contribution in [0.3, 0.4) is 0 Å². The van der Waals surface area contributed by atoms with Gasteiger partial charge in [0.05, 0.1) is 29.1 Å². The molecule has 0 fully saturated rings. The van der Waals surface area contributed by atoms with Gasteiger partial charge in [-0.05, 0) is 61.5 Å². The number of carbonyl (C=O) groups is 2. The van der Waals surface area contributed by atoms with E-state index >= 15 is 0 Å². The minimum Gasteiger partial charge on any atom is -0.462 e. The molecule has 1 N–H and O–H groups in total. The van der Waals surface area contributed by atoms with Crippen LogP contribution >= 0.6 is 11.3 Å². The molecule has 0 aliphatic carbocycles. The maximum absolute atomic E-state index is 13.5. The fourth-order valence-corrected chi connectivity index (χ4v) is 4.55. The van der Waals surface area contributed by atoms with Crippen LogP contribution in [0.4, 0.5) is 5.69 Å². The first-order valence-corrected chi connectivity index (χ1v) is 11.6. The number of ether oxygens (including phenoxy) is 1. The summed E-state index contributed by atoms with van der Waals surface area (Å²) < 4.78 is 7.81. The summed E-state index contributed by atoms with van der Waals surface area (Å²) >= 11 is 1.21. The van der Waals surface area contributed by atoms with Crippen molar-refractivity contribution < 1.29 is 14.3 Å². The third-order valence-electron chi connectivity index (χ3n) is 5.36. The number of hydrogen-bond donors (Lipinski definition) is 1. The van der Waals surface area contributed by atoms with E-state index in [1.165, 1.54) is 15.9 Å². The second-order valence-electron chi connectivity index (χ2n) is 7.75. The number of rotatable bonds is 6. The molecule has 0 aliphatic rings. The standard InChI is InChI=1S/C25H23N3O5S/c1-4-33-24(31)17-7-5-6-8-18(17)26-21(29)14-27-19-11-12-34-22(19)23(30)28(25(27)32)20-13-15(2)9-10-16(20)3/h5-13H,4,14H2,1-3H3,(H,26,29). The van der Waals surface area contributed by atoms with Gasteiger partial charge in [-0.3, -0.25) is 14.2 Å². The van der Waals surface area contributed by atoms with Gasteiger partial charge in [0.2, 0.25) is 5.91 Å². The van der Waals surface area contributed by atoms with Crippen molar-refractivity contribution in [3.8, 4) is 5.69 Å². The summed E-state index contributed by atoms with van der Waals surface area (Å²) in [6.45, 7) is 5.26. The van der Waals surface area contributed by atoms with Gasteiger partial charge in [-0.1, -0.05) is 24.3 Å². The summed E-state index contributed by atoms with van der Waals surface area (Å²) in [6.07, 6.45) is 0. The monoisotopic (exact) mass is 477 g/mol. The molecule has 2 aromatic heterocycles. The highest BCUT2D eigenvalue weighted by Crippen LogP contribution is 2.20. The minimum atomic E-state index is -0.613. The van der Waals surface area contributed by atoms with Gasteiger partial charge >= 0.3 is 11.7 Å². The number of carbonyl (C=O) groups excluding carboxylic acids is 2. The Morgan fingerprint density at radius 1 is 1.06 bits per heavy atom. The van der Waals surface area contributed by atoms with Crippen LogP contribution in [-0.4, -0.2) is 27.6 Å². The number of hydrogen-bond acceptors (Lipinski definition) is 6. The summed E-state index contributed by atoms with van der Waals surface area (Å²) in [5, 5.41) is 4.41. The van der Waals surface area contributed by atoms with E-state index in [9.17, 15) is 19.2 Å². The quantitative estimate of drug-likeness (QED) is 0.428. The molecule has 0 spiro atoms.